The van der Waals surface area contributed by atoms with E-state index in [0.717, 1.165) is 40.8 Å². The molecule has 3 aromatic rings. The van der Waals surface area contributed by atoms with E-state index in [1.165, 1.54) is 0 Å². The van der Waals surface area contributed by atoms with Crippen molar-refractivity contribution in [1.82, 2.24) is 0 Å². The Morgan fingerprint density at radius 2 is 1.70 bits per heavy atom. The van der Waals surface area contributed by atoms with E-state index in [2.05, 4.69) is 0 Å². The van der Waals surface area contributed by atoms with Crippen molar-refractivity contribution >= 4 is 23.2 Å². The summed E-state index contributed by atoms with van der Waals surface area (Å²) in [5.74, 6) is 1.76. The van der Waals surface area contributed by atoms with Gasteiger partial charge < -0.3 is 29.0 Å². The molecule has 3 aliphatic rings. The largest absolute Gasteiger partial charge is 0.489 e. The number of hydrogen-bond acceptors (Lipinski definition) is 6. The summed E-state index contributed by atoms with van der Waals surface area (Å²) in [7, 11) is 0. The lowest BCUT2D eigenvalue weighted by molar-refractivity contribution is -0.118. The molecular formula is C35H40ClNO6. The highest BCUT2D eigenvalue weighted by Gasteiger charge is 2.38. The molecule has 0 radical (unpaired) electrons. The van der Waals surface area contributed by atoms with Crippen LogP contribution in [0.3, 0.4) is 0 Å². The SMILES string of the molecule is CC(C)Oc1cc2c(cc1OCC1COC1)CC(=O)N(c1ccc([C@@](C)(O)C3CCOCC3)cc1)C2c1ccc(Cl)cc1. The third-order valence-corrected chi connectivity index (χ3v) is 9.10. The Morgan fingerprint density at radius 1 is 1.00 bits per heavy atom. The van der Waals surface area contributed by atoms with Crippen LogP contribution in [0.2, 0.25) is 5.02 Å². The lowest BCUT2D eigenvalue weighted by atomic mass is 9.78. The van der Waals surface area contributed by atoms with Crippen LogP contribution in [0.15, 0.2) is 60.7 Å². The Bertz CT molecular complexity index is 1430. The number of aliphatic hydroxyl groups is 1. The molecule has 0 aromatic heterocycles. The van der Waals surface area contributed by atoms with Gasteiger partial charge in [0.1, 0.15) is 0 Å². The maximum atomic E-state index is 14.0. The van der Waals surface area contributed by atoms with E-state index < -0.39 is 11.6 Å². The van der Waals surface area contributed by atoms with Crippen molar-refractivity contribution in [1.29, 1.82) is 0 Å². The Kier molecular flexibility index (Phi) is 8.70. The number of hydrogen-bond donors (Lipinski definition) is 1. The van der Waals surface area contributed by atoms with Gasteiger partial charge in [0.05, 0.1) is 44.0 Å². The van der Waals surface area contributed by atoms with Crippen LogP contribution in [0.1, 0.15) is 61.9 Å². The molecule has 2 saturated heterocycles. The number of rotatable bonds is 9. The van der Waals surface area contributed by atoms with E-state index in [1.54, 1.807) is 0 Å². The molecule has 2 fully saturated rings. The zero-order valence-electron chi connectivity index (χ0n) is 25.1. The van der Waals surface area contributed by atoms with Crippen LogP contribution in [0, 0.1) is 11.8 Å². The molecule has 8 heteroatoms. The first-order valence-corrected chi connectivity index (χ1v) is 15.6. The topological polar surface area (TPSA) is 77.5 Å². The molecule has 3 heterocycles. The van der Waals surface area contributed by atoms with Gasteiger partial charge in [0.25, 0.3) is 0 Å². The average Bonchev–Trinajstić information content (AvgIpc) is 2.97. The van der Waals surface area contributed by atoms with Crippen molar-refractivity contribution in [3.63, 3.8) is 0 Å². The van der Waals surface area contributed by atoms with Crippen molar-refractivity contribution in [2.24, 2.45) is 11.8 Å². The zero-order chi connectivity index (χ0) is 30.1. The summed E-state index contributed by atoms with van der Waals surface area (Å²) in [6.07, 6.45) is 1.80. The molecule has 3 aromatic carbocycles. The number of halogens is 1. The summed E-state index contributed by atoms with van der Waals surface area (Å²) in [6.45, 7) is 9.12. The van der Waals surface area contributed by atoms with Gasteiger partial charge in [0, 0.05) is 29.8 Å². The second-order valence-electron chi connectivity index (χ2n) is 12.4. The highest BCUT2D eigenvalue weighted by molar-refractivity contribution is 6.30. The Hall–Kier alpha value is -3.10. The molecule has 0 aliphatic carbocycles. The Labute approximate surface area is 258 Å². The second-order valence-corrected chi connectivity index (χ2v) is 12.8. The van der Waals surface area contributed by atoms with Crippen molar-refractivity contribution in [3.05, 3.63) is 87.9 Å². The first-order valence-electron chi connectivity index (χ1n) is 15.2. The summed E-state index contributed by atoms with van der Waals surface area (Å²) in [6, 6.07) is 19.0. The first-order chi connectivity index (χ1) is 20.7. The normalized spacial score (nSPS) is 20.8. The van der Waals surface area contributed by atoms with E-state index >= 15 is 0 Å². The molecule has 228 valence electrons. The van der Waals surface area contributed by atoms with Crippen LogP contribution in [0.5, 0.6) is 11.5 Å². The van der Waals surface area contributed by atoms with Crippen molar-refractivity contribution in [2.45, 2.75) is 57.8 Å². The Balaban J connectivity index is 1.39. The number of benzene rings is 3. The predicted molar refractivity (Wildman–Crippen MR) is 166 cm³/mol. The maximum absolute atomic E-state index is 14.0. The molecule has 1 amide bonds. The summed E-state index contributed by atoms with van der Waals surface area (Å²) in [4.78, 5) is 15.8. The molecule has 6 rings (SSSR count). The lowest BCUT2D eigenvalue weighted by Crippen LogP contribution is -2.41. The van der Waals surface area contributed by atoms with E-state index in [9.17, 15) is 9.90 Å². The molecule has 0 bridgehead atoms. The molecular weight excluding hydrogens is 566 g/mol. The van der Waals surface area contributed by atoms with Crippen molar-refractivity contribution < 1.29 is 28.8 Å². The van der Waals surface area contributed by atoms with Gasteiger partial charge in [-0.15, -0.1) is 0 Å². The van der Waals surface area contributed by atoms with Gasteiger partial charge >= 0.3 is 0 Å². The van der Waals surface area contributed by atoms with E-state index in [1.807, 2.05) is 86.3 Å². The summed E-state index contributed by atoms with van der Waals surface area (Å²) in [5, 5.41) is 12.1. The molecule has 1 unspecified atom stereocenters. The maximum Gasteiger partial charge on any atom is 0.232 e. The number of fused-ring (bicyclic) bond motifs is 1. The molecule has 3 aliphatic heterocycles. The minimum atomic E-state index is -0.985. The average molecular weight is 606 g/mol. The predicted octanol–water partition coefficient (Wildman–Crippen LogP) is 6.47. The minimum absolute atomic E-state index is 0.0211. The number of nitrogens with zero attached hydrogens (tertiary/aromatic N) is 1. The van der Waals surface area contributed by atoms with E-state index in [0.29, 0.717) is 55.5 Å². The summed E-state index contributed by atoms with van der Waals surface area (Å²) in [5.41, 5.74) is 3.45. The number of ether oxygens (including phenoxy) is 4. The summed E-state index contributed by atoms with van der Waals surface area (Å²) < 4.78 is 23.3. The molecule has 7 nitrogen and oxygen atoms in total. The van der Waals surface area contributed by atoms with Crippen LogP contribution >= 0.6 is 11.6 Å². The van der Waals surface area contributed by atoms with Crippen molar-refractivity contribution in [2.75, 3.05) is 37.9 Å². The van der Waals surface area contributed by atoms with Crippen LogP contribution in [0.25, 0.3) is 0 Å². The van der Waals surface area contributed by atoms with Crippen LogP contribution < -0.4 is 14.4 Å². The van der Waals surface area contributed by atoms with Gasteiger partial charge in [-0.2, -0.15) is 0 Å². The number of anilines is 1. The number of carbonyl (C=O) groups is 1. The fourth-order valence-electron chi connectivity index (χ4n) is 6.33. The summed E-state index contributed by atoms with van der Waals surface area (Å²) >= 11 is 6.28. The molecule has 1 N–H and O–H groups in total. The van der Waals surface area contributed by atoms with Gasteiger partial charge in [0.2, 0.25) is 5.91 Å². The van der Waals surface area contributed by atoms with Crippen LogP contribution in [-0.2, 0) is 26.3 Å². The van der Waals surface area contributed by atoms with Gasteiger partial charge in [-0.05, 0) is 98.2 Å². The number of carbonyl (C=O) groups excluding carboxylic acids is 1. The lowest BCUT2D eigenvalue weighted by Gasteiger charge is -2.39. The molecule has 0 saturated carbocycles. The zero-order valence-corrected chi connectivity index (χ0v) is 25.8. The third kappa shape index (κ3) is 6.27. The van der Waals surface area contributed by atoms with Crippen molar-refractivity contribution in [3.8, 4) is 11.5 Å². The fraction of sp³-hybridized carbons (Fsp3) is 0.457. The minimum Gasteiger partial charge on any atom is -0.489 e. The quantitative estimate of drug-likeness (QED) is 0.301. The first kappa shape index (κ1) is 29.9. The van der Waals surface area contributed by atoms with Crippen LogP contribution in [-0.4, -0.2) is 50.2 Å². The van der Waals surface area contributed by atoms with Gasteiger partial charge in [-0.1, -0.05) is 35.9 Å². The standard InChI is InChI=1S/C35H40ClNO6/c1-22(2)43-32-18-30-25(16-31(32)42-21-23-19-41-20-23)17-33(38)37(34(30)24-4-8-28(36)9-5-24)29-10-6-26(7-11-29)35(3,39)27-12-14-40-15-13-27/h4-11,16,18,22-23,27,34,39H,12-15,17,19-21H2,1-3H3/t34?,35-/m1/s1. The molecule has 2 atom stereocenters. The fourth-order valence-corrected chi connectivity index (χ4v) is 6.45. The van der Waals surface area contributed by atoms with E-state index in [4.69, 9.17) is 30.5 Å². The van der Waals surface area contributed by atoms with Gasteiger partial charge in [0.15, 0.2) is 11.5 Å². The molecule has 0 spiro atoms. The molecule has 43 heavy (non-hydrogen) atoms. The number of amides is 1. The third-order valence-electron chi connectivity index (χ3n) is 8.84. The highest BCUT2D eigenvalue weighted by Crippen LogP contribution is 2.45. The second kappa shape index (κ2) is 12.5. The van der Waals surface area contributed by atoms with E-state index in [-0.39, 0.29) is 24.3 Å². The smallest absolute Gasteiger partial charge is 0.232 e. The van der Waals surface area contributed by atoms with Gasteiger partial charge in [-0.3, -0.25) is 4.79 Å². The van der Waals surface area contributed by atoms with Gasteiger partial charge in [-0.25, -0.2) is 0 Å². The Morgan fingerprint density at radius 3 is 2.33 bits per heavy atom. The van der Waals surface area contributed by atoms with Crippen LogP contribution in [0.4, 0.5) is 5.69 Å². The monoisotopic (exact) mass is 605 g/mol. The highest BCUT2D eigenvalue weighted by atomic mass is 35.5.